The Hall–Kier alpha value is -1.96. The van der Waals surface area contributed by atoms with Gasteiger partial charge in [0.25, 0.3) is 0 Å². The first-order valence-corrected chi connectivity index (χ1v) is 5.40. The number of aliphatic hydroxyl groups is 1. The van der Waals surface area contributed by atoms with Gasteiger partial charge < -0.3 is 9.63 Å². The highest BCUT2D eigenvalue weighted by Gasteiger charge is 2.39. The van der Waals surface area contributed by atoms with Crippen molar-refractivity contribution in [2.45, 2.75) is 25.1 Å². The van der Waals surface area contributed by atoms with Crippen molar-refractivity contribution in [1.29, 1.82) is 0 Å². The standard InChI is InChI=1S/C11H10F3N3O2/c12-11(13,14)8(18)6-10-16-9(17-19-10)5-7-1-3-15-4-2-7/h1-4,8,18H,5-6H2. The van der Waals surface area contributed by atoms with E-state index in [4.69, 9.17) is 5.11 Å². The van der Waals surface area contributed by atoms with E-state index in [2.05, 4.69) is 19.6 Å². The summed E-state index contributed by atoms with van der Waals surface area (Å²) in [5.74, 6) is 0.0180. The van der Waals surface area contributed by atoms with E-state index >= 15 is 0 Å². The first-order chi connectivity index (χ1) is 8.95. The Kier molecular flexibility index (Phi) is 3.79. The van der Waals surface area contributed by atoms with Crippen LogP contribution in [0.15, 0.2) is 29.0 Å². The van der Waals surface area contributed by atoms with Crippen LogP contribution in [0.5, 0.6) is 0 Å². The van der Waals surface area contributed by atoms with Gasteiger partial charge in [-0.3, -0.25) is 4.98 Å². The van der Waals surface area contributed by atoms with Gasteiger partial charge in [-0.25, -0.2) is 0 Å². The summed E-state index contributed by atoms with van der Waals surface area (Å²) >= 11 is 0. The van der Waals surface area contributed by atoms with Crippen LogP contribution in [0.2, 0.25) is 0 Å². The van der Waals surface area contributed by atoms with E-state index in [-0.39, 0.29) is 11.7 Å². The van der Waals surface area contributed by atoms with Crippen molar-refractivity contribution < 1.29 is 22.8 Å². The van der Waals surface area contributed by atoms with Crippen LogP contribution in [0.25, 0.3) is 0 Å². The molecule has 2 heterocycles. The zero-order chi connectivity index (χ0) is 13.9. The summed E-state index contributed by atoms with van der Waals surface area (Å²) in [4.78, 5) is 7.64. The number of pyridine rings is 1. The number of aromatic nitrogens is 3. The summed E-state index contributed by atoms with van der Waals surface area (Å²) in [6.07, 6.45) is -4.43. The highest BCUT2D eigenvalue weighted by atomic mass is 19.4. The summed E-state index contributed by atoms with van der Waals surface area (Å²) < 4.78 is 41.1. The molecule has 19 heavy (non-hydrogen) atoms. The molecule has 0 bridgehead atoms. The maximum atomic E-state index is 12.1. The monoisotopic (exact) mass is 273 g/mol. The summed E-state index contributed by atoms with van der Waals surface area (Å²) in [6, 6.07) is 3.47. The Morgan fingerprint density at radius 3 is 2.58 bits per heavy atom. The minimum absolute atomic E-state index is 0.242. The van der Waals surface area contributed by atoms with Gasteiger partial charge >= 0.3 is 6.18 Å². The number of rotatable bonds is 4. The van der Waals surface area contributed by atoms with Gasteiger partial charge in [-0.15, -0.1) is 0 Å². The van der Waals surface area contributed by atoms with E-state index in [0.29, 0.717) is 6.42 Å². The van der Waals surface area contributed by atoms with E-state index < -0.39 is 18.7 Å². The second-order valence-electron chi connectivity index (χ2n) is 3.90. The minimum Gasteiger partial charge on any atom is -0.383 e. The van der Waals surface area contributed by atoms with E-state index in [1.165, 1.54) is 0 Å². The molecule has 0 aliphatic carbocycles. The fraction of sp³-hybridized carbons (Fsp3) is 0.364. The molecular weight excluding hydrogens is 263 g/mol. The molecule has 1 unspecified atom stereocenters. The summed E-state index contributed by atoms with van der Waals surface area (Å²) in [7, 11) is 0. The van der Waals surface area contributed by atoms with Gasteiger partial charge in [0.1, 0.15) is 0 Å². The summed E-state index contributed by atoms with van der Waals surface area (Å²) in [5, 5.41) is 12.4. The topological polar surface area (TPSA) is 72.0 Å². The molecule has 0 aromatic carbocycles. The van der Waals surface area contributed by atoms with Crippen LogP contribution in [0.3, 0.4) is 0 Å². The number of aliphatic hydroxyl groups excluding tert-OH is 1. The van der Waals surface area contributed by atoms with Crippen LogP contribution in [0, 0.1) is 0 Å². The molecule has 2 aromatic rings. The molecule has 0 aliphatic heterocycles. The highest BCUT2D eigenvalue weighted by Crippen LogP contribution is 2.22. The van der Waals surface area contributed by atoms with Crippen molar-refractivity contribution in [3.05, 3.63) is 41.8 Å². The number of hydrogen-bond donors (Lipinski definition) is 1. The van der Waals surface area contributed by atoms with Gasteiger partial charge in [0.05, 0.1) is 6.42 Å². The molecule has 0 saturated heterocycles. The SMILES string of the molecule is OC(Cc1nc(Cc2ccncc2)no1)C(F)(F)F. The number of alkyl halides is 3. The van der Waals surface area contributed by atoms with Crippen molar-refractivity contribution in [3.8, 4) is 0 Å². The third-order valence-corrected chi connectivity index (χ3v) is 2.37. The van der Waals surface area contributed by atoms with Crippen LogP contribution in [0.1, 0.15) is 17.3 Å². The lowest BCUT2D eigenvalue weighted by atomic mass is 10.2. The van der Waals surface area contributed by atoms with Crippen molar-refractivity contribution in [2.75, 3.05) is 0 Å². The van der Waals surface area contributed by atoms with Gasteiger partial charge in [0.15, 0.2) is 11.9 Å². The van der Waals surface area contributed by atoms with Gasteiger partial charge in [-0.2, -0.15) is 18.2 Å². The van der Waals surface area contributed by atoms with Crippen LogP contribution < -0.4 is 0 Å². The first-order valence-electron chi connectivity index (χ1n) is 5.40. The fourth-order valence-corrected chi connectivity index (χ4v) is 1.41. The average molecular weight is 273 g/mol. The molecule has 0 fully saturated rings. The van der Waals surface area contributed by atoms with Gasteiger partial charge in [0.2, 0.25) is 5.89 Å². The highest BCUT2D eigenvalue weighted by molar-refractivity contribution is 5.14. The molecule has 0 amide bonds. The van der Waals surface area contributed by atoms with Crippen LogP contribution in [0.4, 0.5) is 13.2 Å². The average Bonchev–Trinajstić information content (AvgIpc) is 2.76. The molecule has 2 rings (SSSR count). The van der Waals surface area contributed by atoms with E-state index in [1.807, 2.05) is 0 Å². The second kappa shape index (κ2) is 5.35. The second-order valence-corrected chi connectivity index (χ2v) is 3.90. The number of nitrogens with zero attached hydrogens (tertiary/aromatic N) is 3. The Balaban J connectivity index is 2.00. The maximum absolute atomic E-state index is 12.1. The Labute approximate surface area is 106 Å². The fourth-order valence-electron chi connectivity index (χ4n) is 1.41. The lowest BCUT2D eigenvalue weighted by molar-refractivity contribution is -0.204. The molecule has 1 N–H and O–H groups in total. The Morgan fingerprint density at radius 2 is 1.95 bits per heavy atom. The molecular formula is C11H10F3N3O2. The van der Waals surface area contributed by atoms with E-state index in [9.17, 15) is 13.2 Å². The zero-order valence-corrected chi connectivity index (χ0v) is 9.63. The van der Waals surface area contributed by atoms with Gasteiger partial charge in [-0.1, -0.05) is 5.16 Å². The van der Waals surface area contributed by atoms with E-state index in [1.54, 1.807) is 24.5 Å². The molecule has 102 valence electrons. The predicted octanol–water partition coefficient (Wildman–Crippen LogP) is 1.52. The van der Waals surface area contributed by atoms with Crippen molar-refractivity contribution >= 4 is 0 Å². The van der Waals surface area contributed by atoms with E-state index in [0.717, 1.165) is 5.56 Å². The zero-order valence-electron chi connectivity index (χ0n) is 9.63. The number of hydrogen-bond acceptors (Lipinski definition) is 5. The molecule has 0 radical (unpaired) electrons. The Bertz CT molecular complexity index is 527. The van der Waals surface area contributed by atoms with Gasteiger partial charge in [0, 0.05) is 18.8 Å². The summed E-state index contributed by atoms with van der Waals surface area (Å²) in [5.41, 5.74) is 0.860. The quantitative estimate of drug-likeness (QED) is 0.914. The van der Waals surface area contributed by atoms with Crippen molar-refractivity contribution in [2.24, 2.45) is 0 Å². The predicted molar refractivity (Wildman–Crippen MR) is 57.1 cm³/mol. The van der Waals surface area contributed by atoms with Crippen molar-refractivity contribution in [3.63, 3.8) is 0 Å². The molecule has 0 spiro atoms. The third-order valence-electron chi connectivity index (χ3n) is 2.37. The molecule has 5 nitrogen and oxygen atoms in total. The van der Waals surface area contributed by atoms with Gasteiger partial charge in [-0.05, 0) is 17.7 Å². The van der Waals surface area contributed by atoms with Crippen molar-refractivity contribution in [1.82, 2.24) is 15.1 Å². The largest absolute Gasteiger partial charge is 0.414 e. The number of halogens is 3. The first kappa shape index (κ1) is 13.5. The molecule has 0 aliphatic rings. The molecule has 0 saturated carbocycles. The smallest absolute Gasteiger partial charge is 0.383 e. The third kappa shape index (κ3) is 3.75. The Morgan fingerprint density at radius 1 is 1.26 bits per heavy atom. The summed E-state index contributed by atoms with van der Waals surface area (Å²) in [6.45, 7) is 0. The van der Waals surface area contributed by atoms with Crippen LogP contribution in [-0.4, -0.2) is 32.5 Å². The van der Waals surface area contributed by atoms with Crippen LogP contribution >= 0.6 is 0 Å². The normalized spacial score (nSPS) is 13.5. The molecule has 2 aromatic heterocycles. The lowest BCUT2D eigenvalue weighted by Gasteiger charge is -2.11. The molecule has 1 atom stereocenters. The lowest BCUT2D eigenvalue weighted by Crippen LogP contribution is -2.30. The van der Waals surface area contributed by atoms with Crippen LogP contribution in [-0.2, 0) is 12.8 Å². The maximum Gasteiger partial charge on any atom is 0.414 e. The minimum atomic E-state index is -4.69. The molecule has 8 heteroatoms.